The predicted octanol–water partition coefficient (Wildman–Crippen LogP) is 0.460. The second kappa shape index (κ2) is 7.33. The standard InChI is InChI=1S/C18H23N3O5/c1-11-5-13-3-4-14(6-17(13)20(11)8-15(24)10-22)21-9-16(26-18(21)25)7-19-12(2)23/h3-4,6,11,16,22H,5,7-10H2,1-2H3,(H,19,23)/t11-,16+/m1/s1. The van der Waals surface area contributed by atoms with Crippen molar-refractivity contribution in [2.24, 2.45) is 0 Å². The number of nitrogens with zero attached hydrogens (tertiary/aromatic N) is 2. The predicted molar refractivity (Wildman–Crippen MR) is 95.3 cm³/mol. The summed E-state index contributed by atoms with van der Waals surface area (Å²) in [6.45, 7) is 3.72. The molecule has 2 N–H and O–H groups in total. The number of ether oxygens (including phenoxy) is 1. The first kappa shape index (κ1) is 18.2. The molecule has 0 bridgehead atoms. The zero-order chi connectivity index (χ0) is 18.8. The second-order valence-electron chi connectivity index (χ2n) is 6.74. The number of nitrogens with one attached hydrogen (secondary N) is 1. The van der Waals surface area contributed by atoms with Gasteiger partial charge in [0, 0.05) is 24.3 Å². The minimum Gasteiger partial charge on any atom is -0.442 e. The minimum atomic E-state index is -0.485. The summed E-state index contributed by atoms with van der Waals surface area (Å²) in [4.78, 5) is 38.4. The van der Waals surface area contributed by atoms with Gasteiger partial charge in [-0.25, -0.2) is 4.79 Å². The van der Waals surface area contributed by atoms with E-state index in [1.807, 2.05) is 30.0 Å². The summed E-state index contributed by atoms with van der Waals surface area (Å²) in [6, 6.07) is 5.85. The van der Waals surface area contributed by atoms with E-state index in [1.54, 1.807) is 0 Å². The zero-order valence-electron chi connectivity index (χ0n) is 14.9. The number of fused-ring (bicyclic) bond motifs is 1. The molecule has 0 aliphatic carbocycles. The minimum absolute atomic E-state index is 0.143. The maximum absolute atomic E-state index is 12.2. The summed E-state index contributed by atoms with van der Waals surface area (Å²) < 4.78 is 5.30. The SMILES string of the molecule is CC(=O)NC[C@H]1CN(c2ccc3c(c2)N(CC(=O)CO)[C@H](C)C3)C(=O)O1. The van der Waals surface area contributed by atoms with Crippen molar-refractivity contribution in [3.63, 3.8) is 0 Å². The van der Waals surface area contributed by atoms with Gasteiger partial charge in [0.1, 0.15) is 12.7 Å². The molecule has 0 unspecified atom stereocenters. The van der Waals surface area contributed by atoms with E-state index in [9.17, 15) is 14.4 Å². The molecule has 2 heterocycles. The van der Waals surface area contributed by atoms with Crippen molar-refractivity contribution >= 4 is 29.2 Å². The highest BCUT2D eigenvalue weighted by Gasteiger charge is 2.34. The van der Waals surface area contributed by atoms with E-state index in [0.717, 1.165) is 17.7 Å². The summed E-state index contributed by atoms with van der Waals surface area (Å²) in [5.41, 5.74) is 2.69. The summed E-state index contributed by atoms with van der Waals surface area (Å²) in [5, 5.41) is 11.7. The van der Waals surface area contributed by atoms with Gasteiger partial charge in [0.2, 0.25) is 5.91 Å². The van der Waals surface area contributed by atoms with Gasteiger partial charge in [0.15, 0.2) is 5.78 Å². The van der Waals surface area contributed by atoms with Gasteiger partial charge < -0.3 is 20.1 Å². The number of cyclic esters (lactones) is 1. The lowest BCUT2D eigenvalue weighted by Crippen LogP contribution is -2.35. The number of carbonyl (C=O) groups excluding carboxylic acids is 3. The van der Waals surface area contributed by atoms with Gasteiger partial charge in [0.25, 0.3) is 0 Å². The fourth-order valence-corrected chi connectivity index (χ4v) is 3.40. The van der Waals surface area contributed by atoms with Gasteiger partial charge in [-0.2, -0.15) is 0 Å². The number of amides is 2. The maximum Gasteiger partial charge on any atom is 0.414 e. The van der Waals surface area contributed by atoms with Crippen LogP contribution < -0.4 is 15.1 Å². The normalized spacial score (nSPS) is 21.6. The van der Waals surface area contributed by atoms with Crippen molar-refractivity contribution in [2.45, 2.75) is 32.4 Å². The molecule has 1 saturated heterocycles. The summed E-state index contributed by atoms with van der Waals surface area (Å²) in [5.74, 6) is -0.415. The van der Waals surface area contributed by atoms with Crippen molar-refractivity contribution in [3.05, 3.63) is 23.8 Å². The fourth-order valence-electron chi connectivity index (χ4n) is 3.40. The van der Waals surface area contributed by atoms with E-state index in [-0.39, 0.29) is 30.8 Å². The number of anilines is 2. The van der Waals surface area contributed by atoms with Gasteiger partial charge in [-0.15, -0.1) is 0 Å². The molecule has 0 spiro atoms. The maximum atomic E-state index is 12.2. The van der Waals surface area contributed by atoms with E-state index >= 15 is 0 Å². The largest absolute Gasteiger partial charge is 0.442 e. The molecular weight excluding hydrogens is 338 g/mol. The molecular formula is C18H23N3O5. The number of rotatable bonds is 6. The average Bonchev–Trinajstić information content (AvgIpc) is 3.12. The molecule has 1 aromatic carbocycles. The van der Waals surface area contributed by atoms with Crippen LogP contribution in [0, 0.1) is 0 Å². The number of carbonyl (C=O) groups is 3. The number of ketones is 1. The lowest BCUT2D eigenvalue weighted by molar-refractivity contribution is -0.120. The van der Waals surface area contributed by atoms with Crippen molar-refractivity contribution in [3.8, 4) is 0 Å². The molecule has 2 aliphatic heterocycles. The Labute approximate surface area is 151 Å². The van der Waals surface area contributed by atoms with E-state index < -0.39 is 18.8 Å². The summed E-state index contributed by atoms with van der Waals surface area (Å²) >= 11 is 0. The van der Waals surface area contributed by atoms with E-state index in [0.29, 0.717) is 12.2 Å². The molecule has 3 rings (SSSR count). The quantitative estimate of drug-likeness (QED) is 0.764. The monoisotopic (exact) mass is 361 g/mol. The molecule has 0 saturated carbocycles. The molecule has 8 nitrogen and oxygen atoms in total. The smallest absolute Gasteiger partial charge is 0.414 e. The Morgan fingerprint density at radius 1 is 1.38 bits per heavy atom. The Hall–Kier alpha value is -2.61. The first-order valence-corrected chi connectivity index (χ1v) is 8.63. The average molecular weight is 361 g/mol. The number of hydrogen-bond acceptors (Lipinski definition) is 6. The molecule has 26 heavy (non-hydrogen) atoms. The van der Waals surface area contributed by atoms with Gasteiger partial charge in [-0.3, -0.25) is 14.5 Å². The lowest BCUT2D eigenvalue weighted by Gasteiger charge is -2.24. The van der Waals surface area contributed by atoms with Crippen LogP contribution in [0.3, 0.4) is 0 Å². The lowest BCUT2D eigenvalue weighted by atomic mass is 10.1. The molecule has 2 amide bonds. The fraction of sp³-hybridized carbons (Fsp3) is 0.500. The highest BCUT2D eigenvalue weighted by molar-refractivity contribution is 5.91. The Balaban J connectivity index is 1.77. The Kier molecular flexibility index (Phi) is 5.13. The van der Waals surface area contributed by atoms with E-state index in [2.05, 4.69) is 5.32 Å². The molecule has 0 radical (unpaired) electrons. The van der Waals surface area contributed by atoms with Crippen LogP contribution in [0.15, 0.2) is 18.2 Å². The summed E-state index contributed by atoms with van der Waals surface area (Å²) in [7, 11) is 0. The van der Waals surface area contributed by atoms with Crippen molar-refractivity contribution < 1.29 is 24.2 Å². The number of aliphatic hydroxyl groups is 1. The van der Waals surface area contributed by atoms with Crippen LogP contribution in [0.25, 0.3) is 0 Å². The Bertz CT molecular complexity index is 736. The van der Waals surface area contributed by atoms with Crippen LogP contribution in [0.1, 0.15) is 19.4 Å². The van der Waals surface area contributed by atoms with Crippen LogP contribution in [0.5, 0.6) is 0 Å². The van der Waals surface area contributed by atoms with Gasteiger partial charge in [-0.05, 0) is 31.0 Å². The van der Waals surface area contributed by atoms with Crippen LogP contribution in [-0.4, -0.2) is 61.3 Å². The third kappa shape index (κ3) is 3.65. The van der Waals surface area contributed by atoms with Gasteiger partial charge in [-0.1, -0.05) is 6.07 Å². The van der Waals surface area contributed by atoms with Crippen LogP contribution in [-0.2, 0) is 20.7 Å². The molecule has 2 aliphatic rings. The third-order valence-corrected chi connectivity index (χ3v) is 4.71. The van der Waals surface area contributed by atoms with Crippen LogP contribution >= 0.6 is 0 Å². The molecule has 140 valence electrons. The zero-order valence-corrected chi connectivity index (χ0v) is 14.9. The van der Waals surface area contributed by atoms with E-state index in [1.165, 1.54) is 11.8 Å². The van der Waals surface area contributed by atoms with Crippen LogP contribution in [0.4, 0.5) is 16.2 Å². The Morgan fingerprint density at radius 3 is 2.85 bits per heavy atom. The van der Waals surface area contributed by atoms with Crippen LogP contribution in [0.2, 0.25) is 0 Å². The van der Waals surface area contributed by atoms with Crippen molar-refractivity contribution in [2.75, 3.05) is 36.0 Å². The van der Waals surface area contributed by atoms with Gasteiger partial charge >= 0.3 is 6.09 Å². The molecule has 8 heteroatoms. The highest BCUT2D eigenvalue weighted by atomic mass is 16.6. The summed E-state index contributed by atoms with van der Waals surface area (Å²) in [6.07, 6.45) is -0.0424. The Morgan fingerprint density at radius 2 is 2.15 bits per heavy atom. The molecule has 1 fully saturated rings. The highest BCUT2D eigenvalue weighted by Crippen LogP contribution is 2.36. The number of aliphatic hydroxyl groups excluding tert-OH is 1. The van der Waals surface area contributed by atoms with Gasteiger partial charge in [0.05, 0.1) is 19.6 Å². The second-order valence-corrected chi connectivity index (χ2v) is 6.74. The number of hydrogen-bond donors (Lipinski definition) is 2. The van der Waals surface area contributed by atoms with Crippen molar-refractivity contribution in [1.82, 2.24) is 5.32 Å². The topological polar surface area (TPSA) is 99.2 Å². The molecule has 1 aromatic rings. The number of benzene rings is 1. The molecule has 2 atom stereocenters. The number of Topliss-reactive ketones (excluding diaryl/α,β-unsaturated/α-hetero) is 1. The molecule has 0 aromatic heterocycles. The third-order valence-electron chi connectivity index (χ3n) is 4.71. The first-order chi connectivity index (χ1) is 12.4. The van der Waals surface area contributed by atoms with Crippen molar-refractivity contribution in [1.29, 1.82) is 0 Å². The van der Waals surface area contributed by atoms with E-state index in [4.69, 9.17) is 9.84 Å². The first-order valence-electron chi connectivity index (χ1n) is 8.63.